The lowest BCUT2D eigenvalue weighted by molar-refractivity contribution is -0.268. The lowest BCUT2D eigenvalue weighted by Gasteiger charge is -2.41. The van der Waals surface area contributed by atoms with Crippen molar-refractivity contribution in [3.8, 4) is 11.1 Å². The fourth-order valence-corrected chi connectivity index (χ4v) is 6.24. The van der Waals surface area contributed by atoms with Crippen LogP contribution in [0.3, 0.4) is 0 Å². The van der Waals surface area contributed by atoms with Gasteiger partial charge in [-0.05, 0) is 52.1 Å². The Bertz CT molecular complexity index is 1540. The molecule has 0 spiro atoms. The number of aromatic carboxylic acids is 1. The molecular weight excluding hydrogens is 562 g/mol. The van der Waals surface area contributed by atoms with Crippen molar-refractivity contribution in [2.45, 2.75) is 50.4 Å². The molecule has 1 amide bonds. The van der Waals surface area contributed by atoms with E-state index in [-0.39, 0.29) is 36.2 Å². The molecule has 1 aliphatic heterocycles. The first-order valence-electron chi connectivity index (χ1n) is 14.2. The van der Waals surface area contributed by atoms with Gasteiger partial charge in [0, 0.05) is 35.6 Å². The Hall–Kier alpha value is -3.95. The third-order valence-corrected chi connectivity index (χ3v) is 8.78. The smallest absolute Gasteiger partial charge is 0.335 e. The van der Waals surface area contributed by atoms with Gasteiger partial charge in [0.2, 0.25) is 5.91 Å². The maximum absolute atomic E-state index is 11.5. The summed E-state index contributed by atoms with van der Waals surface area (Å²) in [6.07, 6.45) is -0.976. The van der Waals surface area contributed by atoms with E-state index < -0.39 is 12.3 Å². The maximum Gasteiger partial charge on any atom is 0.335 e. The monoisotopic (exact) mass is 597 g/mol. The Kier molecular flexibility index (Phi) is 9.94. The van der Waals surface area contributed by atoms with E-state index in [4.69, 9.17) is 9.47 Å². The zero-order chi connectivity index (χ0) is 30.3. The predicted molar refractivity (Wildman–Crippen MR) is 166 cm³/mol. The van der Waals surface area contributed by atoms with E-state index in [1.807, 2.05) is 84.9 Å². The van der Waals surface area contributed by atoms with Crippen molar-refractivity contribution in [3.63, 3.8) is 0 Å². The summed E-state index contributed by atoms with van der Waals surface area (Å²) in [5.41, 5.74) is 6.12. The van der Waals surface area contributed by atoms with Crippen molar-refractivity contribution in [2.24, 2.45) is 5.92 Å². The van der Waals surface area contributed by atoms with Crippen LogP contribution >= 0.6 is 11.8 Å². The standard InChI is InChI=1S/C35H35NO6S/c1-22-32(21-43-30-17-15-27(16-18-30)34(39)40)41-35(42-33(22)26-9-7-24(20-37)8-10-26)28-13-11-25(12-14-28)31-6-4-3-5-29(31)19-36-23(2)38/h3-18,22,32-33,35,37H,19-21H2,1-2H3,(H,36,38)(H,39,40)/t22-,32+,33+,35+/m0/s1. The van der Waals surface area contributed by atoms with Gasteiger partial charge in [0.15, 0.2) is 6.29 Å². The van der Waals surface area contributed by atoms with Crippen LogP contribution in [0.4, 0.5) is 0 Å². The van der Waals surface area contributed by atoms with Gasteiger partial charge < -0.3 is 25.0 Å². The van der Waals surface area contributed by atoms with E-state index in [1.54, 1.807) is 23.9 Å². The van der Waals surface area contributed by atoms with Crippen LogP contribution in [-0.2, 0) is 27.4 Å². The normalized spacial score (nSPS) is 20.0. The molecule has 222 valence electrons. The minimum Gasteiger partial charge on any atom is -0.478 e. The van der Waals surface area contributed by atoms with E-state index >= 15 is 0 Å². The second-order valence-electron chi connectivity index (χ2n) is 10.7. The molecular formula is C35H35NO6S. The molecule has 0 unspecified atom stereocenters. The molecule has 1 heterocycles. The van der Waals surface area contributed by atoms with E-state index in [2.05, 4.69) is 12.2 Å². The fraction of sp³-hybridized carbons (Fsp3) is 0.257. The number of ether oxygens (including phenoxy) is 2. The number of carbonyl (C=O) groups excluding carboxylic acids is 1. The Labute approximate surface area is 255 Å². The Morgan fingerprint density at radius 2 is 1.53 bits per heavy atom. The first-order chi connectivity index (χ1) is 20.8. The molecule has 0 bridgehead atoms. The summed E-state index contributed by atoms with van der Waals surface area (Å²) < 4.78 is 13.2. The minimum absolute atomic E-state index is 0.0205. The number of carboxylic acid groups (broad SMARTS) is 1. The average Bonchev–Trinajstić information content (AvgIpc) is 3.04. The van der Waals surface area contributed by atoms with Crippen LogP contribution in [0.1, 0.15) is 58.9 Å². The molecule has 0 aromatic heterocycles. The topological polar surface area (TPSA) is 105 Å². The van der Waals surface area contributed by atoms with E-state index in [0.29, 0.717) is 12.3 Å². The quantitative estimate of drug-likeness (QED) is 0.173. The van der Waals surface area contributed by atoms with Gasteiger partial charge in [-0.2, -0.15) is 0 Å². The van der Waals surface area contributed by atoms with E-state index in [9.17, 15) is 19.8 Å². The molecule has 3 N–H and O–H groups in total. The lowest BCUT2D eigenvalue weighted by Crippen LogP contribution is -2.38. The minimum atomic E-state index is -0.946. The van der Waals surface area contributed by atoms with E-state index in [0.717, 1.165) is 38.3 Å². The van der Waals surface area contributed by atoms with Crippen molar-refractivity contribution in [1.29, 1.82) is 0 Å². The highest BCUT2D eigenvalue weighted by Gasteiger charge is 2.38. The number of hydrogen-bond acceptors (Lipinski definition) is 6. The van der Waals surface area contributed by atoms with Gasteiger partial charge in [0.1, 0.15) is 0 Å². The second kappa shape index (κ2) is 14.0. The third kappa shape index (κ3) is 7.53. The number of carbonyl (C=O) groups is 2. The largest absolute Gasteiger partial charge is 0.478 e. The van der Waals surface area contributed by atoms with Crippen molar-refractivity contribution < 1.29 is 29.3 Å². The summed E-state index contributed by atoms with van der Waals surface area (Å²) >= 11 is 1.62. The Balaban J connectivity index is 1.38. The maximum atomic E-state index is 11.5. The molecule has 1 fully saturated rings. The number of aliphatic hydroxyl groups excluding tert-OH is 1. The molecule has 4 aromatic rings. The molecule has 0 radical (unpaired) electrons. The second-order valence-corrected chi connectivity index (χ2v) is 11.7. The molecule has 1 saturated heterocycles. The number of rotatable bonds is 10. The highest BCUT2D eigenvalue weighted by molar-refractivity contribution is 7.99. The first kappa shape index (κ1) is 30.5. The number of amides is 1. The van der Waals surface area contributed by atoms with Gasteiger partial charge in [-0.3, -0.25) is 4.79 Å². The van der Waals surface area contributed by atoms with Gasteiger partial charge in [-0.15, -0.1) is 11.8 Å². The molecule has 0 saturated carbocycles. The number of thioether (sulfide) groups is 1. The van der Waals surface area contributed by atoms with Crippen LogP contribution < -0.4 is 5.32 Å². The van der Waals surface area contributed by atoms with Crippen LogP contribution in [0.2, 0.25) is 0 Å². The molecule has 4 aromatic carbocycles. The first-order valence-corrected chi connectivity index (χ1v) is 15.2. The highest BCUT2D eigenvalue weighted by Crippen LogP contribution is 2.43. The Morgan fingerprint density at radius 3 is 2.19 bits per heavy atom. The fourth-order valence-electron chi connectivity index (χ4n) is 5.18. The van der Waals surface area contributed by atoms with Crippen molar-refractivity contribution in [1.82, 2.24) is 5.32 Å². The summed E-state index contributed by atoms with van der Waals surface area (Å²) in [6, 6.07) is 30.8. The van der Waals surface area contributed by atoms with Crippen molar-refractivity contribution >= 4 is 23.6 Å². The molecule has 5 rings (SSSR count). The third-order valence-electron chi connectivity index (χ3n) is 7.68. The molecule has 8 heteroatoms. The van der Waals surface area contributed by atoms with Crippen LogP contribution in [0.25, 0.3) is 11.1 Å². The number of benzene rings is 4. The Morgan fingerprint density at radius 1 is 0.860 bits per heavy atom. The van der Waals surface area contributed by atoms with Crippen molar-refractivity contribution in [2.75, 3.05) is 5.75 Å². The summed E-state index contributed by atoms with van der Waals surface area (Å²) in [4.78, 5) is 23.7. The zero-order valence-electron chi connectivity index (χ0n) is 24.1. The summed E-state index contributed by atoms with van der Waals surface area (Å²) in [5.74, 6) is -0.329. The van der Waals surface area contributed by atoms with Crippen LogP contribution in [0.5, 0.6) is 0 Å². The zero-order valence-corrected chi connectivity index (χ0v) is 24.9. The van der Waals surface area contributed by atoms with Crippen LogP contribution in [0, 0.1) is 5.92 Å². The van der Waals surface area contributed by atoms with Gasteiger partial charge >= 0.3 is 5.97 Å². The van der Waals surface area contributed by atoms with Gasteiger partial charge in [-0.25, -0.2) is 4.79 Å². The summed E-state index contributed by atoms with van der Waals surface area (Å²) in [5, 5.41) is 21.6. The lowest BCUT2D eigenvalue weighted by atomic mass is 9.91. The molecule has 1 aliphatic rings. The molecule has 7 nitrogen and oxygen atoms in total. The number of carboxylic acids is 1. The van der Waals surface area contributed by atoms with Gasteiger partial charge in [0.05, 0.1) is 24.4 Å². The molecule has 43 heavy (non-hydrogen) atoms. The van der Waals surface area contributed by atoms with Crippen LogP contribution in [-0.4, -0.2) is 33.9 Å². The summed E-state index contributed by atoms with van der Waals surface area (Å²) in [7, 11) is 0. The van der Waals surface area contributed by atoms with Crippen molar-refractivity contribution in [3.05, 3.63) is 125 Å². The highest BCUT2D eigenvalue weighted by atomic mass is 32.2. The number of hydrogen-bond donors (Lipinski definition) is 3. The van der Waals surface area contributed by atoms with E-state index in [1.165, 1.54) is 6.92 Å². The van der Waals surface area contributed by atoms with Gasteiger partial charge in [0.25, 0.3) is 0 Å². The molecule has 0 aliphatic carbocycles. The number of aliphatic hydroxyl groups is 1. The summed E-state index contributed by atoms with van der Waals surface area (Å²) in [6.45, 7) is 4.06. The predicted octanol–water partition coefficient (Wildman–Crippen LogP) is 6.76. The van der Waals surface area contributed by atoms with Gasteiger partial charge in [-0.1, -0.05) is 79.7 Å². The van der Waals surface area contributed by atoms with Crippen LogP contribution in [0.15, 0.2) is 102 Å². The SMILES string of the molecule is CC(=O)NCc1ccccc1-c1ccc([C@@H]2O[C@H](CSc3ccc(C(=O)O)cc3)[C@H](C)[C@H](c3ccc(CO)cc3)O2)cc1. The molecule has 4 atom stereocenters. The number of nitrogens with one attached hydrogen (secondary N) is 1. The average molecular weight is 598 g/mol.